The summed E-state index contributed by atoms with van der Waals surface area (Å²) in [5.74, 6) is -2.39. The zero-order valence-corrected chi connectivity index (χ0v) is 21.7. The summed E-state index contributed by atoms with van der Waals surface area (Å²) in [4.78, 5) is 20.9. The molecule has 37 heavy (non-hydrogen) atoms. The van der Waals surface area contributed by atoms with Crippen LogP contribution in [0.5, 0.6) is 5.19 Å². The number of aromatic nitrogens is 3. The number of rotatable bonds is 9. The van der Waals surface area contributed by atoms with Crippen LogP contribution in [0.1, 0.15) is 60.0 Å². The van der Waals surface area contributed by atoms with Gasteiger partial charge in [-0.05, 0) is 63.1 Å². The Bertz CT molecular complexity index is 1230. The quantitative estimate of drug-likeness (QED) is 0.408. The van der Waals surface area contributed by atoms with Gasteiger partial charge in [0.25, 0.3) is 17.0 Å². The van der Waals surface area contributed by atoms with E-state index in [1.165, 1.54) is 16.0 Å². The summed E-state index contributed by atoms with van der Waals surface area (Å²) in [6, 6.07) is 5.42. The molecule has 1 saturated carbocycles. The van der Waals surface area contributed by atoms with E-state index < -0.39 is 19.3 Å². The fourth-order valence-corrected chi connectivity index (χ4v) is 6.20. The van der Waals surface area contributed by atoms with Crippen molar-refractivity contribution in [1.82, 2.24) is 25.0 Å². The SMILES string of the molecule is CC(F)(F)COc1nc2c(s1)CCN(CC[C@H]1CC[C@H](NC(=O)c3cccc4c3cnn4CF)CC1)C2. The van der Waals surface area contributed by atoms with Gasteiger partial charge >= 0.3 is 0 Å². The van der Waals surface area contributed by atoms with Gasteiger partial charge in [0.15, 0.2) is 13.4 Å². The van der Waals surface area contributed by atoms with Crippen molar-refractivity contribution in [2.24, 2.45) is 5.92 Å². The molecule has 1 aromatic carbocycles. The highest BCUT2D eigenvalue weighted by Crippen LogP contribution is 2.32. The molecule has 11 heteroatoms. The lowest BCUT2D eigenvalue weighted by atomic mass is 9.84. The minimum atomic E-state index is -2.87. The number of hydrogen-bond donors (Lipinski definition) is 1. The van der Waals surface area contributed by atoms with Crippen LogP contribution in [0.3, 0.4) is 0 Å². The Labute approximate surface area is 218 Å². The number of nitrogens with one attached hydrogen (secondary N) is 1. The van der Waals surface area contributed by atoms with Crippen LogP contribution in [0.4, 0.5) is 13.2 Å². The number of carbonyl (C=O) groups excluding carboxylic acids is 1. The first-order valence-electron chi connectivity index (χ1n) is 12.8. The Balaban J connectivity index is 1.06. The minimum absolute atomic E-state index is 0.133. The molecular formula is C26H32F3N5O2S. The van der Waals surface area contributed by atoms with Gasteiger partial charge < -0.3 is 10.1 Å². The zero-order valence-electron chi connectivity index (χ0n) is 20.9. The molecule has 3 heterocycles. The minimum Gasteiger partial charge on any atom is -0.464 e. The van der Waals surface area contributed by atoms with E-state index in [2.05, 4.69) is 20.3 Å². The van der Waals surface area contributed by atoms with Crippen molar-refractivity contribution in [2.75, 3.05) is 19.7 Å². The second-order valence-electron chi connectivity index (χ2n) is 10.2. The largest absolute Gasteiger partial charge is 0.464 e. The summed E-state index contributed by atoms with van der Waals surface area (Å²) in [5.41, 5.74) is 2.10. The third kappa shape index (κ3) is 6.26. The summed E-state index contributed by atoms with van der Waals surface area (Å²) >= 11 is 1.38. The maximum atomic E-state index is 13.1. The van der Waals surface area contributed by atoms with E-state index in [1.807, 2.05) is 0 Å². The Morgan fingerprint density at radius 1 is 1.27 bits per heavy atom. The van der Waals surface area contributed by atoms with E-state index >= 15 is 0 Å². The van der Waals surface area contributed by atoms with Crippen molar-refractivity contribution in [1.29, 1.82) is 0 Å². The third-order valence-electron chi connectivity index (χ3n) is 7.32. The molecule has 0 atom stereocenters. The molecule has 7 nitrogen and oxygen atoms in total. The highest BCUT2D eigenvalue weighted by molar-refractivity contribution is 7.13. The molecule has 1 aliphatic heterocycles. The normalized spacial score (nSPS) is 20.6. The van der Waals surface area contributed by atoms with Gasteiger partial charge in [0.05, 0.1) is 23.0 Å². The number of carbonyl (C=O) groups is 1. The lowest BCUT2D eigenvalue weighted by Gasteiger charge is -2.32. The molecular weight excluding hydrogens is 503 g/mol. The molecule has 0 saturated heterocycles. The summed E-state index contributed by atoms with van der Waals surface area (Å²) in [6.07, 6.45) is 7.52. The molecule has 2 aromatic heterocycles. The third-order valence-corrected chi connectivity index (χ3v) is 8.39. The second-order valence-corrected chi connectivity index (χ2v) is 11.3. The molecule has 0 bridgehead atoms. The number of amides is 1. The molecule has 1 aliphatic carbocycles. The first-order chi connectivity index (χ1) is 17.8. The predicted molar refractivity (Wildman–Crippen MR) is 136 cm³/mol. The Morgan fingerprint density at radius 3 is 2.84 bits per heavy atom. The van der Waals surface area contributed by atoms with Gasteiger partial charge in [-0.2, -0.15) is 5.10 Å². The molecule has 5 rings (SSSR count). The number of fused-ring (bicyclic) bond motifs is 2. The van der Waals surface area contributed by atoms with E-state index in [4.69, 9.17) is 4.74 Å². The van der Waals surface area contributed by atoms with Crippen molar-refractivity contribution >= 4 is 28.1 Å². The highest BCUT2D eigenvalue weighted by Gasteiger charge is 2.27. The number of hydrogen-bond acceptors (Lipinski definition) is 6. The highest BCUT2D eigenvalue weighted by atomic mass is 32.1. The Hall–Kier alpha value is -2.66. The van der Waals surface area contributed by atoms with Crippen LogP contribution in [-0.2, 0) is 19.8 Å². The smallest absolute Gasteiger partial charge is 0.278 e. The van der Waals surface area contributed by atoms with Crippen molar-refractivity contribution in [2.45, 2.75) is 70.8 Å². The van der Waals surface area contributed by atoms with E-state index in [-0.39, 0.29) is 11.9 Å². The number of alkyl halides is 3. The maximum absolute atomic E-state index is 13.1. The lowest BCUT2D eigenvalue weighted by Crippen LogP contribution is -2.38. The van der Waals surface area contributed by atoms with Gasteiger partial charge in [0, 0.05) is 36.3 Å². The average molecular weight is 536 g/mol. The van der Waals surface area contributed by atoms with Gasteiger partial charge in [0.2, 0.25) is 0 Å². The van der Waals surface area contributed by atoms with E-state index in [9.17, 15) is 18.0 Å². The Morgan fingerprint density at radius 2 is 2.08 bits per heavy atom. The summed E-state index contributed by atoms with van der Waals surface area (Å²) in [6.45, 7) is 2.11. The summed E-state index contributed by atoms with van der Waals surface area (Å²) < 4.78 is 45.7. The van der Waals surface area contributed by atoms with Crippen LogP contribution < -0.4 is 10.1 Å². The fraction of sp³-hybridized carbons (Fsp3) is 0.577. The van der Waals surface area contributed by atoms with Crippen molar-refractivity contribution in [3.05, 3.63) is 40.5 Å². The van der Waals surface area contributed by atoms with E-state index in [1.54, 1.807) is 24.4 Å². The molecule has 3 aromatic rings. The van der Waals surface area contributed by atoms with Gasteiger partial charge in [0.1, 0.15) is 0 Å². The van der Waals surface area contributed by atoms with E-state index in [0.717, 1.165) is 75.7 Å². The average Bonchev–Trinajstić information content (AvgIpc) is 3.49. The van der Waals surface area contributed by atoms with Crippen LogP contribution in [0.25, 0.3) is 10.9 Å². The standard InChI is InChI=1S/C26H32F3N5O2S/c1-26(28,29)15-36-25-32-21-14-33(12-10-23(21)37-25)11-9-17-5-7-18(8-6-17)31-24(35)19-3-2-4-22-20(19)13-30-34(22)16-27/h2-4,13,17-18H,5-12,14-16H2,1H3,(H,31,35)/t17-,18-. The van der Waals surface area contributed by atoms with Crippen molar-refractivity contribution < 1.29 is 22.7 Å². The predicted octanol–water partition coefficient (Wildman–Crippen LogP) is 5.19. The van der Waals surface area contributed by atoms with Gasteiger partial charge in [-0.1, -0.05) is 17.4 Å². The monoisotopic (exact) mass is 535 g/mol. The summed E-state index contributed by atoms with van der Waals surface area (Å²) in [7, 11) is 0. The molecule has 0 radical (unpaired) electrons. The number of benzene rings is 1. The number of thiazole rings is 1. The number of nitrogens with zero attached hydrogens (tertiary/aromatic N) is 4. The lowest BCUT2D eigenvalue weighted by molar-refractivity contribution is -0.0230. The first kappa shape index (κ1) is 26.0. The number of halogens is 3. The topological polar surface area (TPSA) is 72.3 Å². The Kier molecular flexibility index (Phi) is 7.71. The number of ether oxygens (including phenoxy) is 1. The molecule has 0 spiro atoms. The molecule has 1 fully saturated rings. The van der Waals surface area contributed by atoms with Crippen LogP contribution in [0, 0.1) is 5.92 Å². The molecule has 1 amide bonds. The first-order valence-corrected chi connectivity index (χ1v) is 13.6. The maximum Gasteiger partial charge on any atom is 0.278 e. The van der Waals surface area contributed by atoms with E-state index in [0.29, 0.717) is 27.6 Å². The van der Waals surface area contributed by atoms with Crippen LogP contribution >= 0.6 is 11.3 Å². The van der Waals surface area contributed by atoms with Crippen LogP contribution in [-0.4, -0.2) is 57.2 Å². The zero-order chi connectivity index (χ0) is 26.0. The fourth-order valence-electron chi connectivity index (χ4n) is 5.29. The van der Waals surface area contributed by atoms with Gasteiger partial charge in [-0.25, -0.2) is 22.8 Å². The van der Waals surface area contributed by atoms with Crippen LogP contribution in [0.2, 0.25) is 0 Å². The molecule has 200 valence electrons. The van der Waals surface area contributed by atoms with Crippen molar-refractivity contribution in [3.8, 4) is 5.19 Å². The van der Waals surface area contributed by atoms with Gasteiger partial charge in [-0.15, -0.1) is 0 Å². The van der Waals surface area contributed by atoms with Crippen LogP contribution in [0.15, 0.2) is 24.4 Å². The molecule has 1 N–H and O–H groups in total. The van der Waals surface area contributed by atoms with Crippen molar-refractivity contribution in [3.63, 3.8) is 0 Å². The molecule has 0 unspecified atom stereocenters. The second kappa shape index (κ2) is 11.0. The van der Waals surface area contributed by atoms with Gasteiger partial charge in [-0.3, -0.25) is 9.69 Å². The molecule has 2 aliphatic rings. The summed E-state index contributed by atoms with van der Waals surface area (Å²) in [5, 5.41) is 8.19.